The molecule has 0 saturated carbocycles. The van der Waals surface area contributed by atoms with E-state index in [1.807, 2.05) is 43.3 Å². The van der Waals surface area contributed by atoms with Crippen LogP contribution >= 0.6 is 24.8 Å². The first-order valence-electron chi connectivity index (χ1n) is 12.2. The standard InChI is InChI=1S/C21H13.C8H9.C5H5.CH2.2ClH.Zr/c1-2-8-15-14(7-1)13-20-18-11-4-3-9-16(18)17-10-5-6-12-19(17)21(15)20;1-2-8-6-4-3-5-7-8;1-2-4-5-3-1;;;;/h1-10,12H,13H2;2-7H,1H3;1-3H,4H2;1H2;2*1H;/q3*-1;;;;. The fourth-order valence-corrected chi connectivity index (χ4v) is 4.71. The van der Waals surface area contributed by atoms with Crippen LogP contribution in [0.1, 0.15) is 30.0 Å². The van der Waals surface area contributed by atoms with Crippen LogP contribution in [0.3, 0.4) is 0 Å². The Kier molecular flexibility index (Phi) is 13.5. The van der Waals surface area contributed by atoms with Crippen molar-refractivity contribution < 1.29 is 24.2 Å². The van der Waals surface area contributed by atoms with E-state index < -0.39 is 0 Å². The predicted octanol–water partition coefficient (Wildman–Crippen LogP) is 9.74. The van der Waals surface area contributed by atoms with Crippen molar-refractivity contribution in [3.63, 3.8) is 0 Å². The van der Waals surface area contributed by atoms with Crippen molar-refractivity contribution in [3.8, 4) is 11.1 Å². The third-order valence-electron chi connectivity index (χ3n) is 6.32. The zero-order valence-corrected chi connectivity index (χ0v) is 25.6. The van der Waals surface area contributed by atoms with Gasteiger partial charge in [0.15, 0.2) is 0 Å². The first-order valence-corrected chi connectivity index (χ1v) is 13.9. The molecule has 2 aliphatic rings. The molecule has 5 aromatic rings. The van der Waals surface area contributed by atoms with E-state index in [-0.39, 0.29) is 24.8 Å². The van der Waals surface area contributed by atoms with Crippen LogP contribution in [-0.4, -0.2) is 4.21 Å². The maximum absolute atomic E-state index is 3.48. The van der Waals surface area contributed by atoms with E-state index in [2.05, 4.69) is 102 Å². The van der Waals surface area contributed by atoms with E-state index in [0.29, 0.717) is 0 Å². The van der Waals surface area contributed by atoms with Gasteiger partial charge in [0, 0.05) is 0 Å². The Morgan fingerprint density at radius 2 is 1.42 bits per heavy atom. The summed E-state index contributed by atoms with van der Waals surface area (Å²) < 4.78 is 3.34. The van der Waals surface area contributed by atoms with Crippen molar-refractivity contribution in [2.75, 3.05) is 0 Å². The molecule has 0 saturated heterocycles. The van der Waals surface area contributed by atoms with Crippen LogP contribution in [0.5, 0.6) is 0 Å². The Hall–Kier alpha value is -2.70. The Balaban J connectivity index is 0.000000249. The van der Waals surface area contributed by atoms with Crippen LogP contribution in [0.4, 0.5) is 0 Å². The maximum Gasteiger partial charge on any atom is -0.0240 e. The first-order chi connectivity index (χ1) is 17.9. The molecule has 0 aliphatic heterocycles. The summed E-state index contributed by atoms with van der Waals surface area (Å²) in [6.45, 7) is 2.04. The van der Waals surface area contributed by atoms with Crippen LogP contribution < -0.4 is 0 Å². The zero-order chi connectivity index (χ0) is 25.2. The second-order valence-electron chi connectivity index (χ2n) is 8.39. The largest absolute Gasteiger partial charge is 0.147 e. The quantitative estimate of drug-likeness (QED) is 0.128. The average Bonchev–Trinajstić information content (AvgIpc) is 3.68. The second-order valence-corrected chi connectivity index (χ2v) is 8.39. The van der Waals surface area contributed by atoms with Gasteiger partial charge in [-0.3, -0.25) is 6.08 Å². The monoisotopic (exact) mass is 611 g/mol. The molecule has 2 aliphatic carbocycles. The van der Waals surface area contributed by atoms with E-state index >= 15 is 0 Å². The first kappa shape index (κ1) is 31.5. The predicted molar refractivity (Wildman–Crippen MR) is 167 cm³/mol. The molecule has 0 aromatic heterocycles. The fourth-order valence-electron chi connectivity index (χ4n) is 4.71. The number of allylic oxidation sites excluding steroid dienone is 4. The van der Waals surface area contributed by atoms with Crippen molar-refractivity contribution in [3.05, 3.63) is 151 Å². The molecular formula is C35H31Cl2Zr-3. The summed E-state index contributed by atoms with van der Waals surface area (Å²) in [6.07, 6.45) is 13.1. The van der Waals surface area contributed by atoms with Gasteiger partial charge in [-0.05, 0) is 28.5 Å². The van der Waals surface area contributed by atoms with Gasteiger partial charge in [-0.2, -0.15) is 30.2 Å². The van der Waals surface area contributed by atoms with Gasteiger partial charge < -0.3 is 0 Å². The molecule has 38 heavy (non-hydrogen) atoms. The van der Waals surface area contributed by atoms with Crippen LogP contribution in [0.15, 0.2) is 115 Å². The van der Waals surface area contributed by atoms with Crippen LogP contribution in [-0.2, 0) is 30.7 Å². The molecule has 3 heteroatoms. The summed E-state index contributed by atoms with van der Waals surface area (Å²) in [5.74, 6) is 0. The second kappa shape index (κ2) is 16.3. The Morgan fingerprint density at radius 1 is 0.763 bits per heavy atom. The normalized spacial score (nSPS) is 11.2. The number of hydrogen-bond acceptors (Lipinski definition) is 0. The third kappa shape index (κ3) is 7.24. The van der Waals surface area contributed by atoms with Crippen molar-refractivity contribution in [2.24, 2.45) is 0 Å². The molecule has 192 valence electrons. The van der Waals surface area contributed by atoms with E-state index in [1.54, 1.807) is 0 Å². The summed E-state index contributed by atoms with van der Waals surface area (Å²) in [5.41, 5.74) is 6.96. The summed E-state index contributed by atoms with van der Waals surface area (Å²) in [5, 5.41) is 5.30. The topological polar surface area (TPSA) is 0 Å². The van der Waals surface area contributed by atoms with E-state index in [9.17, 15) is 0 Å². The van der Waals surface area contributed by atoms with Gasteiger partial charge in [-0.25, -0.2) is 12.2 Å². The average molecular weight is 614 g/mol. The molecule has 0 spiro atoms. The molecule has 0 heterocycles. The number of rotatable bonds is 1. The zero-order valence-electron chi connectivity index (χ0n) is 21.5. The minimum atomic E-state index is 0. The molecule has 0 bridgehead atoms. The molecule has 0 nitrogen and oxygen atoms in total. The van der Waals surface area contributed by atoms with Gasteiger partial charge in [0.1, 0.15) is 0 Å². The molecular weight excluding hydrogens is 583 g/mol. The smallest absolute Gasteiger partial charge is 0.0240 e. The summed E-state index contributed by atoms with van der Waals surface area (Å²) in [7, 11) is 0. The van der Waals surface area contributed by atoms with Crippen molar-refractivity contribution in [2.45, 2.75) is 19.8 Å². The number of halogens is 2. The van der Waals surface area contributed by atoms with E-state index in [0.717, 1.165) is 12.8 Å². The molecule has 0 fully saturated rings. The molecule has 0 radical (unpaired) electrons. The molecule has 0 unspecified atom stereocenters. The molecule has 0 N–H and O–H groups in total. The Morgan fingerprint density at radius 3 is 2.05 bits per heavy atom. The molecule has 5 aromatic carbocycles. The summed E-state index contributed by atoms with van der Waals surface area (Å²) in [6, 6.07) is 37.6. The SMILES string of the molecule is C[CH-]c1ccccc1.Cl.Cl.[C-]1=CC=CC1.[CH2]=[Zr].[c-]1cccc2c1c1c(c3ccccc32)-c2ccccc2C1. The van der Waals surface area contributed by atoms with Crippen LogP contribution in [0, 0.1) is 18.6 Å². The number of fused-ring (bicyclic) bond motifs is 8. The van der Waals surface area contributed by atoms with E-state index in [4.69, 9.17) is 0 Å². The number of hydrogen-bond donors (Lipinski definition) is 0. The minimum Gasteiger partial charge on any atom is -0.147 e. The van der Waals surface area contributed by atoms with Gasteiger partial charge >= 0.3 is 28.4 Å². The van der Waals surface area contributed by atoms with Gasteiger partial charge in [-0.1, -0.05) is 66.9 Å². The van der Waals surface area contributed by atoms with Crippen LogP contribution in [0.25, 0.3) is 32.7 Å². The maximum atomic E-state index is 3.48. The fraction of sp³-hybridized carbons (Fsp3) is 0.0857. The summed E-state index contributed by atoms with van der Waals surface area (Å²) in [4.78, 5) is 0. The molecule has 0 atom stereocenters. The molecule has 0 amide bonds. The molecule has 7 rings (SSSR count). The Bertz CT molecular complexity index is 1490. The number of benzene rings is 5. The van der Waals surface area contributed by atoms with Crippen molar-refractivity contribution >= 4 is 50.6 Å². The van der Waals surface area contributed by atoms with Gasteiger partial charge in [0.2, 0.25) is 0 Å². The van der Waals surface area contributed by atoms with E-state index in [1.165, 1.54) is 73.6 Å². The van der Waals surface area contributed by atoms with Crippen molar-refractivity contribution in [1.29, 1.82) is 0 Å². The minimum absolute atomic E-state index is 0. The summed E-state index contributed by atoms with van der Waals surface area (Å²) >= 11 is 1.30. The van der Waals surface area contributed by atoms with Crippen molar-refractivity contribution in [1.82, 2.24) is 0 Å². The van der Waals surface area contributed by atoms with Gasteiger partial charge in [0.25, 0.3) is 0 Å². The Labute approximate surface area is 254 Å². The van der Waals surface area contributed by atoms with Crippen LogP contribution in [0.2, 0.25) is 0 Å². The van der Waals surface area contributed by atoms with Gasteiger partial charge in [-0.15, -0.1) is 84.0 Å². The van der Waals surface area contributed by atoms with Gasteiger partial charge in [0.05, 0.1) is 0 Å². The third-order valence-corrected chi connectivity index (χ3v) is 6.32.